The monoisotopic (exact) mass is 504 g/mol. The van der Waals surface area contributed by atoms with Gasteiger partial charge in [0.05, 0.1) is 10.4 Å². The number of aromatic nitrogens is 2. The number of carbonyl (C=O) groups is 1. The van der Waals surface area contributed by atoms with E-state index < -0.39 is 0 Å². The number of carbonyl (C=O) groups excluding carboxylic acids is 1. The fraction of sp³-hybridized carbons (Fsp3) is 0.194. The maximum Gasteiger partial charge on any atom is 0.264 e. The van der Waals surface area contributed by atoms with E-state index in [2.05, 4.69) is 82.9 Å². The number of thiophene rings is 1. The Morgan fingerprint density at radius 2 is 1.78 bits per heavy atom. The summed E-state index contributed by atoms with van der Waals surface area (Å²) >= 11 is 1.51. The number of anilines is 1. The Balaban J connectivity index is 1.26. The second kappa shape index (κ2) is 10.1. The molecule has 6 heteroatoms. The predicted molar refractivity (Wildman–Crippen MR) is 151 cm³/mol. The molecule has 1 aliphatic carbocycles. The summed E-state index contributed by atoms with van der Waals surface area (Å²) < 4.78 is 0. The Kier molecular flexibility index (Phi) is 6.41. The van der Waals surface area contributed by atoms with Crippen molar-refractivity contribution >= 4 is 34.0 Å². The fourth-order valence-electron chi connectivity index (χ4n) is 4.73. The summed E-state index contributed by atoms with van der Waals surface area (Å²) in [5.41, 5.74) is 6.72. The van der Waals surface area contributed by atoms with Gasteiger partial charge in [-0.3, -0.25) is 4.79 Å². The lowest BCUT2D eigenvalue weighted by Crippen LogP contribution is -2.32. The zero-order chi connectivity index (χ0) is 25.2. The molecule has 1 saturated carbocycles. The number of fused-ring (bicyclic) bond motifs is 1. The van der Waals surface area contributed by atoms with Gasteiger partial charge in [0, 0.05) is 24.5 Å². The maximum atomic E-state index is 13.1. The van der Waals surface area contributed by atoms with Crippen molar-refractivity contribution in [1.82, 2.24) is 14.9 Å². The van der Waals surface area contributed by atoms with Crippen LogP contribution in [0.25, 0.3) is 22.0 Å². The van der Waals surface area contributed by atoms with E-state index in [0.717, 1.165) is 51.1 Å². The van der Waals surface area contributed by atoms with Gasteiger partial charge in [-0.1, -0.05) is 60.2 Å². The van der Waals surface area contributed by atoms with Crippen LogP contribution in [0.3, 0.4) is 0 Å². The van der Waals surface area contributed by atoms with Gasteiger partial charge in [0.2, 0.25) is 0 Å². The Bertz CT molecular complexity index is 1560. The molecule has 0 saturated heterocycles. The normalized spacial score (nSPS) is 13.0. The quantitative estimate of drug-likeness (QED) is 0.245. The Morgan fingerprint density at radius 3 is 2.59 bits per heavy atom. The van der Waals surface area contributed by atoms with E-state index in [-0.39, 0.29) is 5.91 Å². The molecular formula is C31H28N4OS. The lowest BCUT2D eigenvalue weighted by Gasteiger charge is -2.22. The summed E-state index contributed by atoms with van der Waals surface area (Å²) in [6, 6.07) is 27.5. The molecule has 1 fully saturated rings. The minimum atomic E-state index is 0.134. The van der Waals surface area contributed by atoms with Crippen molar-refractivity contribution < 1.29 is 4.79 Å². The summed E-state index contributed by atoms with van der Waals surface area (Å²) in [7, 11) is 0. The summed E-state index contributed by atoms with van der Waals surface area (Å²) in [4.78, 5) is 25.0. The van der Waals surface area contributed by atoms with Gasteiger partial charge in [-0.05, 0) is 71.7 Å². The van der Waals surface area contributed by atoms with E-state index in [9.17, 15) is 4.79 Å². The zero-order valence-electron chi connectivity index (χ0n) is 20.7. The molecule has 1 amide bonds. The minimum absolute atomic E-state index is 0.134. The van der Waals surface area contributed by atoms with Gasteiger partial charge in [0.1, 0.15) is 12.1 Å². The number of nitrogens with one attached hydrogen (secondary N) is 1. The molecule has 0 aliphatic heterocycles. The third-order valence-electron chi connectivity index (χ3n) is 6.77. The van der Waals surface area contributed by atoms with Crippen LogP contribution in [0, 0.1) is 6.92 Å². The highest BCUT2D eigenvalue weighted by Gasteiger charge is 2.33. The Hall–Kier alpha value is -4.03. The van der Waals surface area contributed by atoms with E-state index in [0.29, 0.717) is 19.1 Å². The van der Waals surface area contributed by atoms with E-state index in [1.165, 1.54) is 22.5 Å². The molecular weight excluding hydrogens is 476 g/mol. The summed E-state index contributed by atoms with van der Waals surface area (Å²) in [6.07, 6.45) is 3.78. The number of hydrogen-bond acceptors (Lipinski definition) is 5. The standard InChI is InChI=1S/C31H28N4OS/c1-21-5-2-6-22(15-21)18-32-30-27-17-25(10-13-28(27)33-20-34-30)24-8-3-7-23(16-24)19-35(26-11-12-26)31(36)29-9-4-14-37-29/h2-10,13-17,20,26H,11-12,18-19H2,1H3,(H,32,33,34). The average Bonchev–Trinajstić information content (AvgIpc) is 3.62. The Morgan fingerprint density at radius 1 is 0.946 bits per heavy atom. The molecule has 184 valence electrons. The smallest absolute Gasteiger partial charge is 0.264 e. The molecule has 1 aliphatic rings. The predicted octanol–water partition coefficient (Wildman–Crippen LogP) is 7.08. The number of rotatable bonds is 8. The van der Waals surface area contributed by atoms with Gasteiger partial charge in [0.25, 0.3) is 5.91 Å². The van der Waals surface area contributed by atoms with E-state index >= 15 is 0 Å². The van der Waals surface area contributed by atoms with Crippen molar-refractivity contribution in [2.75, 3.05) is 5.32 Å². The number of aryl methyl sites for hydroxylation is 1. The van der Waals surface area contributed by atoms with Crippen LogP contribution in [-0.4, -0.2) is 26.8 Å². The molecule has 6 rings (SSSR count). The first-order valence-corrected chi connectivity index (χ1v) is 13.5. The highest BCUT2D eigenvalue weighted by Crippen LogP contribution is 2.32. The van der Waals surface area contributed by atoms with Crippen LogP contribution < -0.4 is 5.32 Å². The van der Waals surface area contributed by atoms with Gasteiger partial charge >= 0.3 is 0 Å². The van der Waals surface area contributed by atoms with Crippen LogP contribution in [0.5, 0.6) is 0 Å². The zero-order valence-corrected chi connectivity index (χ0v) is 21.5. The third-order valence-corrected chi connectivity index (χ3v) is 7.63. The molecule has 0 unspecified atom stereocenters. The van der Waals surface area contributed by atoms with Crippen molar-refractivity contribution in [3.8, 4) is 11.1 Å². The summed E-state index contributed by atoms with van der Waals surface area (Å²) in [5.74, 6) is 0.959. The lowest BCUT2D eigenvalue weighted by atomic mass is 10.0. The first-order chi connectivity index (χ1) is 18.1. The van der Waals surface area contributed by atoms with Crippen molar-refractivity contribution in [3.63, 3.8) is 0 Å². The number of nitrogens with zero attached hydrogens (tertiary/aromatic N) is 3. The lowest BCUT2D eigenvalue weighted by molar-refractivity contribution is 0.0735. The number of amides is 1. The summed E-state index contributed by atoms with van der Waals surface area (Å²) in [5, 5.41) is 6.45. The molecule has 0 spiro atoms. The molecule has 5 aromatic rings. The third kappa shape index (κ3) is 5.25. The van der Waals surface area contributed by atoms with Crippen molar-refractivity contribution in [2.45, 2.75) is 38.9 Å². The molecule has 1 N–H and O–H groups in total. The minimum Gasteiger partial charge on any atom is -0.365 e. The van der Waals surface area contributed by atoms with Crippen LogP contribution in [0.15, 0.2) is 90.6 Å². The summed E-state index contributed by atoms with van der Waals surface area (Å²) in [6.45, 7) is 3.42. The molecule has 0 radical (unpaired) electrons. The number of benzene rings is 3. The Labute approximate surface area is 220 Å². The molecule has 5 nitrogen and oxygen atoms in total. The molecule has 3 aromatic carbocycles. The highest BCUT2D eigenvalue weighted by atomic mass is 32.1. The van der Waals surface area contributed by atoms with Gasteiger partial charge in [-0.25, -0.2) is 9.97 Å². The maximum absolute atomic E-state index is 13.1. The first-order valence-electron chi connectivity index (χ1n) is 12.6. The molecule has 2 aromatic heterocycles. The van der Waals surface area contributed by atoms with Crippen molar-refractivity contribution in [2.24, 2.45) is 0 Å². The van der Waals surface area contributed by atoms with Crippen LogP contribution in [0.2, 0.25) is 0 Å². The van der Waals surface area contributed by atoms with Crippen molar-refractivity contribution in [3.05, 3.63) is 112 Å². The average molecular weight is 505 g/mol. The van der Waals surface area contributed by atoms with Gasteiger partial charge in [-0.15, -0.1) is 11.3 Å². The molecule has 37 heavy (non-hydrogen) atoms. The molecule has 2 heterocycles. The number of hydrogen-bond donors (Lipinski definition) is 1. The van der Waals surface area contributed by atoms with Crippen LogP contribution in [-0.2, 0) is 13.1 Å². The van der Waals surface area contributed by atoms with E-state index in [4.69, 9.17) is 0 Å². The second-order valence-electron chi connectivity index (χ2n) is 9.64. The van der Waals surface area contributed by atoms with Gasteiger partial charge in [-0.2, -0.15) is 0 Å². The van der Waals surface area contributed by atoms with Crippen LogP contribution >= 0.6 is 11.3 Å². The molecule has 0 bridgehead atoms. The first kappa shape index (κ1) is 23.4. The van der Waals surface area contributed by atoms with E-state index in [1.807, 2.05) is 28.5 Å². The van der Waals surface area contributed by atoms with Crippen LogP contribution in [0.4, 0.5) is 5.82 Å². The van der Waals surface area contributed by atoms with E-state index in [1.54, 1.807) is 6.33 Å². The SMILES string of the molecule is Cc1cccc(CNc2ncnc3ccc(-c4cccc(CN(C(=O)c5cccs5)C5CC5)c4)cc23)c1. The van der Waals surface area contributed by atoms with Gasteiger partial charge < -0.3 is 10.2 Å². The van der Waals surface area contributed by atoms with Crippen LogP contribution in [0.1, 0.15) is 39.2 Å². The molecule has 0 atom stereocenters. The van der Waals surface area contributed by atoms with Crippen molar-refractivity contribution in [1.29, 1.82) is 0 Å². The largest absolute Gasteiger partial charge is 0.365 e. The fourth-order valence-corrected chi connectivity index (χ4v) is 5.40. The second-order valence-corrected chi connectivity index (χ2v) is 10.6. The van der Waals surface area contributed by atoms with Gasteiger partial charge in [0.15, 0.2) is 0 Å². The topological polar surface area (TPSA) is 58.1 Å². The highest BCUT2D eigenvalue weighted by molar-refractivity contribution is 7.12.